The first-order chi connectivity index (χ1) is 11.3. The van der Waals surface area contributed by atoms with Gasteiger partial charge in [-0.2, -0.15) is 16.4 Å². The van der Waals surface area contributed by atoms with Gasteiger partial charge in [0.25, 0.3) is 0 Å². The second-order valence-corrected chi connectivity index (χ2v) is 7.52. The maximum Gasteiger partial charge on any atom is 0.229 e. The lowest BCUT2D eigenvalue weighted by Gasteiger charge is -2.29. The Morgan fingerprint density at radius 3 is 2.96 bits per heavy atom. The first kappa shape index (κ1) is 14.9. The van der Waals surface area contributed by atoms with Crippen molar-refractivity contribution in [2.24, 2.45) is 5.41 Å². The summed E-state index contributed by atoms with van der Waals surface area (Å²) in [7, 11) is 0. The van der Waals surface area contributed by atoms with Crippen LogP contribution < -0.4 is 5.32 Å². The van der Waals surface area contributed by atoms with Crippen molar-refractivity contribution >= 4 is 17.2 Å². The molecule has 2 aromatic rings. The van der Waals surface area contributed by atoms with Crippen molar-refractivity contribution < 1.29 is 4.79 Å². The summed E-state index contributed by atoms with van der Waals surface area (Å²) in [5.41, 5.74) is 2.50. The van der Waals surface area contributed by atoms with Gasteiger partial charge < -0.3 is 10.2 Å². The zero-order valence-corrected chi connectivity index (χ0v) is 13.9. The molecule has 1 saturated carbocycles. The maximum absolute atomic E-state index is 12.9. The lowest BCUT2D eigenvalue weighted by molar-refractivity contribution is -0.132. The molecule has 0 aromatic carbocycles. The Balaban J connectivity index is 1.51. The van der Waals surface area contributed by atoms with Crippen LogP contribution in [-0.2, 0) is 17.8 Å². The van der Waals surface area contributed by atoms with Gasteiger partial charge in [0, 0.05) is 24.5 Å². The van der Waals surface area contributed by atoms with Crippen LogP contribution in [0.2, 0.25) is 0 Å². The van der Waals surface area contributed by atoms with Crippen LogP contribution in [0.5, 0.6) is 0 Å². The van der Waals surface area contributed by atoms with E-state index in [4.69, 9.17) is 0 Å². The molecule has 0 unspecified atom stereocenters. The molecule has 23 heavy (non-hydrogen) atoms. The Morgan fingerprint density at radius 1 is 1.39 bits per heavy atom. The highest BCUT2D eigenvalue weighted by Crippen LogP contribution is 2.56. The van der Waals surface area contributed by atoms with Crippen LogP contribution in [0.3, 0.4) is 0 Å². The second kappa shape index (κ2) is 6.09. The first-order valence-corrected chi connectivity index (χ1v) is 9.21. The van der Waals surface area contributed by atoms with Crippen LogP contribution in [0.4, 0.5) is 0 Å². The number of thiophene rings is 1. The Labute approximate surface area is 140 Å². The summed E-state index contributed by atoms with van der Waals surface area (Å²) >= 11 is 1.69. The van der Waals surface area contributed by atoms with E-state index >= 15 is 0 Å². The number of nitrogens with zero attached hydrogens (tertiary/aromatic N) is 2. The van der Waals surface area contributed by atoms with E-state index in [2.05, 4.69) is 37.2 Å². The molecule has 1 saturated heterocycles. The molecule has 1 atom stereocenters. The number of hydrogen-bond donors (Lipinski definition) is 2. The molecule has 5 nitrogen and oxygen atoms in total. The van der Waals surface area contributed by atoms with Crippen molar-refractivity contribution in [3.05, 3.63) is 40.3 Å². The average Bonchev–Trinajstić information content (AvgIpc) is 2.99. The monoisotopic (exact) mass is 330 g/mol. The van der Waals surface area contributed by atoms with E-state index in [9.17, 15) is 4.79 Å². The lowest BCUT2D eigenvalue weighted by atomic mass is 9.93. The molecule has 4 rings (SSSR count). The first-order valence-electron chi connectivity index (χ1n) is 8.26. The van der Waals surface area contributed by atoms with Gasteiger partial charge in [0.05, 0.1) is 6.42 Å². The van der Waals surface area contributed by atoms with Crippen molar-refractivity contribution in [2.75, 3.05) is 13.1 Å². The van der Waals surface area contributed by atoms with E-state index in [0.717, 1.165) is 31.7 Å². The minimum atomic E-state index is 0.209. The van der Waals surface area contributed by atoms with Gasteiger partial charge >= 0.3 is 0 Å². The van der Waals surface area contributed by atoms with Gasteiger partial charge in [-0.1, -0.05) is 0 Å². The van der Waals surface area contributed by atoms with E-state index in [-0.39, 0.29) is 5.91 Å². The van der Waals surface area contributed by atoms with Gasteiger partial charge in [-0.15, -0.1) is 0 Å². The molecular weight excluding hydrogens is 308 g/mol. The van der Waals surface area contributed by atoms with Crippen LogP contribution in [0.25, 0.3) is 0 Å². The summed E-state index contributed by atoms with van der Waals surface area (Å²) in [5.74, 6) is 0.209. The number of H-pyrrole nitrogens is 1. The fourth-order valence-electron chi connectivity index (χ4n) is 3.83. The van der Waals surface area contributed by atoms with E-state index in [1.807, 2.05) is 6.07 Å². The molecular formula is C17H22N4OS. The molecule has 2 fully saturated rings. The number of carbonyl (C=O) groups excluding carboxylic acids is 1. The van der Waals surface area contributed by atoms with Gasteiger partial charge in [-0.25, -0.2) is 0 Å². The molecule has 3 heterocycles. The number of hydrogen-bond acceptors (Lipinski definition) is 4. The van der Waals surface area contributed by atoms with Gasteiger partial charge in [0.15, 0.2) is 0 Å². The topological polar surface area (TPSA) is 61.0 Å². The summed E-state index contributed by atoms with van der Waals surface area (Å²) in [6.45, 7) is 2.89. The Kier molecular flexibility index (Phi) is 3.95. The van der Waals surface area contributed by atoms with Gasteiger partial charge in [0.2, 0.25) is 5.91 Å². The third-order valence-corrected chi connectivity index (χ3v) is 6.01. The Morgan fingerprint density at radius 2 is 2.26 bits per heavy atom. The summed E-state index contributed by atoms with van der Waals surface area (Å²) in [6, 6.07) is 4.41. The number of piperidine rings is 1. The van der Waals surface area contributed by atoms with E-state index in [1.165, 1.54) is 18.4 Å². The van der Waals surface area contributed by atoms with E-state index < -0.39 is 0 Å². The van der Waals surface area contributed by atoms with Crippen molar-refractivity contribution in [3.8, 4) is 0 Å². The summed E-state index contributed by atoms with van der Waals surface area (Å²) in [6.07, 6.45) is 5.66. The van der Waals surface area contributed by atoms with Crippen molar-refractivity contribution in [1.82, 2.24) is 20.4 Å². The highest BCUT2D eigenvalue weighted by atomic mass is 32.1. The van der Waals surface area contributed by atoms with E-state index in [1.54, 1.807) is 17.5 Å². The Hall–Kier alpha value is -1.66. The van der Waals surface area contributed by atoms with Crippen molar-refractivity contribution in [3.63, 3.8) is 0 Å². The van der Waals surface area contributed by atoms with Gasteiger partial charge in [-0.3, -0.25) is 9.89 Å². The van der Waals surface area contributed by atoms with Crippen LogP contribution in [0.1, 0.15) is 30.5 Å². The van der Waals surface area contributed by atoms with Crippen LogP contribution in [0.15, 0.2) is 29.1 Å². The normalized spacial score (nSPS) is 22.2. The summed E-state index contributed by atoms with van der Waals surface area (Å²) in [5, 5.41) is 14.5. The molecule has 2 aliphatic rings. The number of nitrogens with one attached hydrogen (secondary N) is 2. The summed E-state index contributed by atoms with van der Waals surface area (Å²) < 4.78 is 0. The Bertz CT molecular complexity index is 646. The molecule has 0 radical (unpaired) electrons. The summed E-state index contributed by atoms with van der Waals surface area (Å²) in [4.78, 5) is 15.0. The highest BCUT2D eigenvalue weighted by molar-refractivity contribution is 7.07. The molecule has 6 heteroatoms. The zero-order valence-electron chi connectivity index (χ0n) is 13.1. The van der Waals surface area contributed by atoms with Crippen LogP contribution >= 0.6 is 11.3 Å². The molecule has 1 amide bonds. The van der Waals surface area contributed by atoms with Gasteiger partial charge in [0.1, 0.15) is 0 Å². The fourth-order valence-corrected chi connectivity index (χ4v) is 4.49. The number of rotatable bonds is 5. The van der Waals surface area contributed by atoms with Crippen LogP contribution in [0, 0.1) is 5.41 Å². The largest absolute Gasteiger partial charge is 0.334 e. The average molecular weight is 330 g/mol. The smallest absolute Gasteiger partial charge is 0.229 e. The zero-order chi connectivity index (χ0) is 15.7. The van der Waals surface area contributed by atoms with Gasteiger partial charge in [-0.05, 0) is 66.2 Å². The number of aromatic nitrogens is 2. The minimum Gasteiger partial charge on any atom is -0.334 e. The van der Waals surface area contributed by atoms with Crippen molar-refractivity contribution in [2.45, 2.75) is 38.3 Å². The maximum atomic E-state index is 12.9. The fraction of sp³-hybridized carbons (Fsp3) is 0.529. The standard InChI is InChI=1S/C17H22N4OS/c22-16(9-14-1-5-19-20-14)21(11-13-2-8-23-12-13)15-10-17(15)3-6-18-7-4-17/h1-2,5,8,12,15,18H,3-4,6-7,9-11H2,(H,19,20)/t15-/m0/s1. The molecule has 122 valence electrons. The molecule has 2 N–H and O–H groups in total. The molecule has 1 aliphatic carbocycles. The molecule has 1 aliphatic heterocycles. The SMILES string of the molecule is O=C(Cc1ccn[nH]1)N(Cc1ccsc1)[C@H]1CC12CCNCC2. The molecule has 0 bridgehead atoms. The number of amides is 1. The molecule has 1 spiro atoms. The van der Waals surface area contributed by atoms with Crippen LogP contribution in [-0.4, -0.2) is 40.1 Å². The lowest BCUT2D eigenvalue weighted by Crippen LogP contribution is -2.39. The minimum absolute atomic E-state index is 0.209. The number of carbonyl (C=O) groups is 1. The predicted molar refractivity (Wildman–Crippen MR) is 90.1 cm³/mol. The number of aromatic amines is 1. The van der Waals surface area contributed by atoms with Crippen molar-refractivity contribution in [1.29, 1.82) is 0 Å². The quantitative estimate of drug-likeness (QED) is 0.883. The molecule has 2 aromatic heterocycles. The highest BCUT2D eigenvalue weighted by Gasteiger charge is 2.57. The second-order valence-electron chi connectivity index (χ2n) is 6.74. The van der Waals surface area contributed by atoms with E-state index in [0.29, 0.717) is 17.9 Å². The predicted octanol–water partition coefficient (Wildman–Crippen LogP) is 2.18. The third kappa shape index (κ3) is 3.05. The third-order valence-electron chi connectivity index (χ3n) is 5.28.